The van der Waals surface area contributed by atoms with Gasteiger partial charge in [0.15, 0.2) is 5.69 Å². The summed E-state index contributed by atoms with van der Waals surface area (Å²) in [4.78, 5) is 23.8. The lowest BCUT2D eigenvalue weighted by Gasteiger charge is -2.22. The highest BCUT2D eigenvalue weighted by Crippen LogP contribution is 2.38. The molecule has 0 aromatic carbocycles. The van der Waals surface area contributed by atoms with Gasteiger partial charge in [0, 0.05) is 43.7 Å². The van der Waals surface area contributed by atoms with Crippen LogP contribution in [0.1, 0.15) is 37.9 Å². The first-order valence-electron chi connectivity index (χ1n) is 12.2. The van der Waals surface area contributed by atoms with E-state index < -0.39 is 11.9 Å². The van der Waals surface area contributed by atoms with Crippen LogP contribution < -0.4 is 15.0 Å². The van der Waals surface area contributed by atoms with Gasteiger partial charge in [-0.1, -0.05) is 13.8 Å². The van der Waals surface area contributed by atoms with Gasteiger partial charge in [0.25, 0.3) is 0 Å². The fraction of sp³-hybridized carbons (Fsp3) is 0.480. The van der Waals surface area contributed by atoms with Crippen LogP contribution in [0.5, 0.6) is 5.88 Å². The Morgan fingerprint density at radius 1 is 1.00 bits per heavy atom. The summed E-state index contributed by atoms with van der Waals surface area (Å²) in [5, 5.41) is 3.46. The molecule has 9 nitrogen and oxygen atoms in total. The van der Waals surface area contributed by atoms with E-state index in [2.05, 4.69) is 25.3 Å². The van der Waals surface area contributed by atoms with E-state index in [1.165, 1.54) is 19.2 Å². The zero-order valence-electron chi connectivity index (χ0n) is 21.2. The molecule has 0 bridgehead atoms. The molecule has 198 valence electrons. The number of aromatic nitrogens is 5. The van der Waals surface area contributed by atoms with E-state index in [4.69, 9.17) is 14.5 Å². The number of ether oxygens (including phenoxy) is 2. The highest BCUT2D eigenvalue weighted by molar-refractivity contribution is 5.67. The first kappa shape index (κ1) is 26.5. The molecule has 0 radical (unpaired) electrons. The molecule has 0 spiro atoms. The Kier molecular flexibility index (Phi) is 8.06. The van der Waals surface area contributed by atoms with Crippen molar-refractivity contribution >= 4 is 11.8 Å². The van der Waals surface area contributed by atoms with E-state index in [1.807, 2.05) is 25.7 Å². The summed E-state index contributed by atoms with van der Waals surface area (Å²) in [7, 11) is 1.28. The standard InChI is InChI=1S/C25H30F3N7O2/c1-5-16-21(15-9-10-20(36-4)34-22(15)25(26,27)28)31-17(6-2)23(32-16)33-18-13-35(14-19(18)37-7-3)24-29-11-8-12-30-24/h8-12,18-19H,5-7,13-14H2,1-4H3,(H,32,33)/t18-,19+/m1/s1. The van der Waals surface area contributed by atoms with Crippen LogP contribution in [0.2, 0.25) is 0 Å². The molecule has 4 rings (SSSR count). The van der Waals surface area contributed by atoms with Gasteiger partial charge >= 0.3 is 6.18 Å². The van der Waals surface area contributed by atoms with E-state index in [9.17, 15) is 13.2 Å². The normalized spacial score (nSPS) is 17.8. The molecule has 0 amide bonds. The van der Waals surface area contributed by atoms with E-state index in [0.29, 0.717) is 55.7 Å². The Balaban J connectivity index is 1.70. The SMILES string of the molecule is CCO[C@H]1CN(c2ncccn2)C[C@H]1Nc1nc(CC)c(-c2ccc(OC)nc2C(F)(F)F)nc1CC. The van der Waals surface area contributed by atoms with Gasteiger partial charge in [0.1, 0.15) is 5.82 Å². The third-order valence-corrected chi connectivity index (χ3v) is 6.12. The average molecular weight is 518 g/mol. The Morgan fingerprint density at radius 2 is 1.73 bits per heavy atom. The molecule has 1 aliphatic heterocycles. The molecule has 4 heterocycles. The number of halogens is 3. The summed E-state index contributed by atoms with van der Waals surface area (Å²) in [6.45, 7) is 7.35. The van der Waals surface area contributed by atoms with Gasteiger partial charge in [-0.25, -0.2) is 24.9 Å². The van der Waals surface area contributed by atoms with Gasteiger partial charge in [-0.2, -0.15) is 13.2 Å². The number of nitrogens with one attached hydrogen (secondary N) is 1. The molecule has 0 unspecified atom stereocenters. The summed E-state index contributed by atoms with van der Waals surface area (Å²) in [6.07, 6.45) is -0.614. The predicted molar refractivity (Wildman–Crippen MR) is 133 cm³/mol. The largest absolute Gasteiger partial charge is 0.481 e. The van der Waals surface area contributed by atoms with Gasteiger partial charge in [0.05, 0.1) is 36.3 Å². The zero-order valence-corrected chi connectivity index (χ0v) is 21.2. The lowest BCUT2D eigenvalue weighted by molar-refractivity contribution is -0.140. The number of anilines is 2. The van der Waals surface area contributed by atoms with Crippen molar-refractivity contribution in [3.8, 4) is 17.1 Å². The summed E-state index contributed by atoms with van der Waals surface area (Å²) >= 11 is 0. The molecule has 2 atom stereocenters. The highest BCUT2D eigenvalue weighted by Gasteiger charge is 2.38. The van der Waals surface area contributed by atoms with Gasteiger partial charge in [0.2, 0.25) is 11.8 Å². The number of nitrogens with zero attached hydrogens (tertiary/aromatic N) is 6. The quantitative estimate of drug-likeness (QED) is 0.448. The molecule has 12 heteroatoms. The van der Waals surface area contributed by atoms with Gasteiger partial charge in [-0.3, -0.25) is 0 Å². The number of hydrogen-bond acceptors (Lipinski definition) is 9. The van der Waals surface area contributed by atoms with Crippen LogP contribution in [-0.4, -0.2) is 63.9 Å². The number of aryl methyl sites for hydroxylation is 2. The maximum atomic E-state index is 13.9. The van der Waals surface area contributed by atoms with Crippen LogP contribution >= 0.6 is 0 Å². The van der Waals surface area contributed by atoms with Crippen molar-refractivity contribution in [1.82, 2.24) is 24.9 Å². The van der Waals surface area contributed by atoms with Crippen molar-refractivity contribution in [2.75, 3.05) is 37.0 Å². The fourth-order valence-electron chi connectivity index (χ4n) is 4.38. The molecular formula is C25H30F3N7O2. The second-order valence-corrected chi connectivity index (χ2v) is 8.47. The average Bonchev–Trinajstić information content (AvgIpc) is 3.30. The van der Waals surface area contributed by atoms with E-state index in [0.717, 1.165) is 0 Å². The number of rotatable bonds is 9. The van der Waals surface area contributed by atoms with Crippen LogP contribution in [0.15, 0.2) is 30.6 Å². The van der Waals surface area contributed by atoms with Crippen molar-refractivity contribution in [2.45, 2.75) is 51.9 Å². The molecule has 3 aromatic heterocycles. The van der Waals surface area contributed by atoms with Crippen LogP contribution in [0.25, 0.3) is 11.3 Å². The third kappa shape index (κ3) is 5.74. The molecule has 1 N–H and O–H groups in total. The van der Waals surface area contributed by atoms with E-state index >= 15 is 0 Å². The van der Waals surface area contributed by atoms with Crippen molar-refractivity contribution in [3.05, 3.63) is 47.7 Å². The van der Waals surface area contributed by atoms with Gasteiger partial charge in [-0.15, -0.1) is 0 Å². The van der Waals surface area contributed by atoms with Crippen LogP contribution in [-0.2, 0) is 23.8 Å². The Morgan fingerprint density at radius 3 is 2.35 bits per heavy atom. The van der Waals surface area contributed by atoms with E-state index in [-0.39, 0.29) is 29.3 Å². The van der Waals surface area contributed by atoms with Crippen LogP contribution in [0.3, 0.4) is 0 Å². The number of pyridine rings is 1. The molecule has 3 aromatic rings. The molecule has 0 aliphatic carbocycles. The van der Waals surface area contributed by atoms with Crippen molar-refractivity contribution in [2.24, 2.45) is 0 Å². The van der Waals surface area contributed by atoms with Gasteiger partial charge < -0.3 is 19.7 Å². The number of methoxy groups -OCH3 is 1. The fourth-order valence-corrected chi connectivity index (χ4v) is 4.38. The first-order chi connectivity index (χ1) is 17.8. The summed E-state index contributed by atoms with van der Waals surface area (Å²) < 4.78 is 52.6. The topological polar surface area (TPSA) is 98.2 Å². The second kappa shape index (κ2) is 11.2. The van der Waals surface area contributed by atoms with Crippen molar-refractivity contribution < 1.29 is 22.6 Å². The first-order valence-corrected chi connectivity index (χ1v) is 12.2. The molecule has 1 saturated heterocycles. The van der Waals surface area contributed by atoms with Gasteiger partial charge in [-0.05, 0) is 31.9 Å². The lowest BCUT2D eigenvalue weighted by Crippen LogP contribution is -2.35. The van der Waals surface area contributed by atoms with Crippen molar-refractivity contribution in [3.63, 3.8) is 0 Å². The third-order valence-electron chi connectivity index (χ3n) is 6.12. The molecule has 0 saturated carbocycles. The summed E-state index contributed by atoms with van der Waals surface area (Å²) in [5.74, 6) is 1.02. The van der Waals surface area contributed by atoms with Crippen molar-refractivity contribution in [1.29, 1.82) is 0 Å². The van der Waals surface area contributed by atoms with Crippen LogP contribution in [0.4, 0.5) is 24.9 Å². The minimum absolute atomic E-state index is 0.119. The monoisotopic (exact) mass is 517 g/mol. The number of hydrogen-bond donors (Lipinski definition) is 1. The number of alkyl halides is 3. The lowest BCUT2D eigenvalue weighted by atomic mass is 10.0. The Bertz CT molecular complexity index is 1210. The molecular weight excluding hydrogens is 487 g/mol. The smallest absolute Gasteiger partial charge is 0.434 e. The van der Waals surface area contributed by atoms with Crippen LogP contribution in [0, 0.1) is 0 Å². The zero-order chi connectivity index (χ0) is 26.6. The maximum absolute atomic E-state index is 13.9. The second-order valence-electron chi connectivity index (χ2n) is 8.47. The highest BCUT2D eigenvalue weighted by atomic mass is 19.4. The Hall–Kier alpha value is -3.54. The summed E-state index contributed by atoms with van der Waals surface area (Å²) in [5.41, 5.74) is -0.0182. The summed E-state index contributed by atoms with van der Waals surface area (Å²) in [6, 6.07) is 4.35. The predicted octanol–water partition coefficient (Wildman–Crippen LogP) is 4.19. The Labute approximate surface area is 213 Å². The molecule has 1 fully saturated rings. The molecule has 37 heavy (non-hydrogen) atoms. The minimum atomic E-state index is -4.68. The maximum Gasteiger partial charge on any atom is 0.434 e. The molecule has 1 aliphatic rings. The minimum Gasteiger partial charge on any atom is -0.481 e. The van der Waals surface area contributed by atoms with E-state index in [1.54, 1.807) is 18.5 Å².